The van der Waals surface area contributed by atoms with Gasteiger partial charge in [0, 0.05) is 11.4 Å². The van der Waals surface area contributed by atoms with Gasteiger partial charge in [0.25, 0.3) is 0 Å². The number of carbonyl (C=O) groups excluding carboxylic acids is 1. The van der Waals surface area contributed by atoms with E-state index in [1.165, 1.54) is 13.0 Å². The van der Waals surface area contributed by atoms with Gasteiger partial charge in [0.05, 0.1) is 5.69 Å². The number of anilines is 1. The predicted molar refractivity (Wildman–Crippen MR) is 55.1 cm³/mol. The van der Waals surface area contributed by atoms with Gasteiger partial charge in [-0.1, -0.05) is 0 Å². The average molecular weight is 298 g/mol. The number of ether oxygens (including phenoxy) is 1. The van der Waals surface area contributed by atoms with E-state index in [0.717, 1.165) is 12.1 Å². The van der Waals surface area contributed by atoms with Crippen LogP contribution in [0.3, 0.4) is 0 Å². The first-order valence-electron chi connectivity index (χ1n) is 4.11. The minimum absolute atomic E-state index is 0.310. The van der Waals surface area contributed by atoms with Crippen molar-refractivity contribution in [3.8, 4) is 5.75 Å². The molecule has 1 aromatic carbocycles. The van der Waals surface area contributed by atoms with Gasteiger partial charge in [0.2, 0.25) is 5.91 Å². The molecule has 0 aliphatic heterocycles. The smallest absolute Gasteiger partial charge is 0.406 e. The van der Waals surface area contributed by atoms with Gasteiger partial charge in [-0.2, -0.15) is 0 Å². The molecule has 0 fully saturated rings. The van der Waals surface area contributed by atoms with Crippen LogP contribution in [0.25, 0.3) is 0 Å². The summed E-state index contributed by atoms with van der Waals surface area (Å²) in [5, 5.41) is 2.44. The molecule has 0 aromatic heterocycles. The molecule has 0 heterocycles. The van der Waals surface area contributed by atoms with E-state index in [4.69, 9.17) is 0 Å². The normalized spacial score (nSPS) is 11.1. The zero-order valence-corrected chi connectivity index (χ0v) is 9.65. The maximum Gasteiger partial charge on any atom is 0.573 e. The number of benzene rings is 1. The third-order valence-electron chi connectivity index (χ3n) is 1.48. The van der Waals surface area contributed by atoms with E-state index in [0.29, 0.717) is 10.2 Å². The topological polar surface area (TPSA) is 38.3 Å². The van der Waals surface area contributed by atoms with Gasteiger partial charge in [-0.15, -0.1) is 13.2 Å². The Hall–Kier alpha value is -1.24. The van der Waals surface area contributed by atoms with Crippen LogP contribution in [0, 0.1) is 0 Å². The van der Waals surface area contributed by atoms with Crippen LogP contribution in [0.5, 0.6) is 5.75 Å². The Morgan fingerprint density at radius 1 is 1.44 bits per heavy atom. The number of amides is 1. The van der Waals surface area contributed by atoms with Gasteiger partial charge < -0.3 is 10.1 Å². The summed E-state index contributed by atoms with van der Waals surface area (Å²) < 4.78 is 39.6. The average Bonchev–Trinajstić information content (AvgIpc) is 2.06. The molecule has 0 radical (unpaired) electrons. The van der Waals surface area contributed by atoms with Gasteiger partial charge in [-0.3, -0.25) is 4.79 Å². The Labute approximate surface area is 97.7 Å². The lowest BCUT2D eigenvalue weighted by atomic mass is 10.3. The van der Waals surface area contributed by atoms with Crippen LogP contribution >= 0.6 is 15.9 Å². The quantitative estimate of drug-likeness (QED) is 0.909. The molecule has 0 unspecified atom stereocenters. The minimum Gasteiger partial charge on any atom is -0.406 e. The van der Waals surface area contributed by atoms with Crippen LogP contribution in [0.15, 0.2) is 22.7 Å². The molecular formula is C9H7BrF3NO2. The summed E-state index contributed by atoms with van der Waals surface area (Å²) >= 11 is 3.02. The summed E-state index contributed by atoms with van der Waals surface area (Å²) in [5.41, 5.74) is 0.377. The number of halogens is 4. The van der Waals surface area contributed by atoms with Crippen LogP contribution in [0.2, 0.25) is 0 Å². The lowest BCUT2D eigenvalue weighted by molar-refractivity contribution is -0.274. The number of rotatable bonds is 2. The lowest BCUT2D eigenvalue weighted by Gasteiger charge is -2.11. The van der Waals surface area contributed by atoms with Crippen molar-refractivity contribution >= 4 is 27.5 Å². The molecular weight excluding hydrogens is 291 g/mol. The van der Waals surface area contributed by atoms with E-state index in [2.05, 4.69) is 26.0 Å². The number of alkyl halides is 3. The lowest BCUT2D eigenvalue weighted by Crippen LogP contribution is -2.17. The predicted octanol–water partition coefficient (Wildman–Crippen LogP) is 3.31. The third-order valence-corrected chi connectivity index (χ3v) is 2.14. The van der Waals surface area contributed by atoms with Gasteiger partial charge in [0.1, 0.15) is 5.75 Å². The van der Waals surface area contributed by atoms with Gasteiger partial charge in [0.15, 0.2) is 0 Å². The van der Waals surface area contributed by atoms with Crippen molar-refractivity contribution < 1.29 is 22.7 Å². The van der Waals surface area contributed by atoms with Gasteiger partial charge in [-0.25, -0.2) is 0 Å². The summed E-state index contributed by atoms with van der Waals surface area (Å²) in [5.74, 6) is -0.668. The Bertz CT molecular complexity index is 406. The molecule has 88 valence electrons. The molecule has 0 saturated heterocycles. The zero-order valence-electron chi connectivity index (χ0n) is 8.06. The van der Waals surface area contributed by atoms with Crippen molar-refractivity contribution in [2.24, 2.45) is 0 Å². The summed E-state index contributed by atoms with van der Waals surface area (Å²) in [6, 6.07) is 3.55. The molecule has 0 aliphatic carbocycles. The van der Waals surface area contributed by atoms with Crippen LogP contribution in [0.4, 0.5) is 18.9 Å². The van der Waals surface area contributed by atoms with Crippen molar-refractivity contribution in [2.75, 3.05) is 5.32 Å². The molecule has 1 rings (SSSR count). The van der Waals surface area contributed by atoms with Gasteiger partial charge >= 0.3 is 6.36 Å². The van der Waals surface area contributed by atoms with Crippen LogP contribution in [-0.4, -0.2) is 12.3 Å². The number of carbonyl (C=O) groups is 1. The first kappa shape index (κ1) is 12.8. The highest BCUT2D eigenvalue weighted by Gasteiger charge is 2.31. The third kappa shape index (κ3) is 4.09. The zero-order chi connectivity index (χ0) is 12.3. The van der Waals surface area contributed by atoms with Crippen molar-refractivity contribution in [1.29, 1.82) is 0 Å². The Morgan fingerprint density at radius 2 is 2.06 bits per heavy atom. The minimum atomic E-state index is -4.73. The standard InChI is InChI=1S/C9H7BrF3NO2/c1-5(15)14-8-3-2-6(4-7(8)10)16-9(11,12)13/h2-4H,1H3,(H,14,15). The van der Waals surface area contributed by atoms with Crippen molar-refractivity contribution in [3.63, 3.8) is 0 Å². The second-order valence-corrected chi connectivity index (χ2v) is 3.72. The van der Waals surface area contributed by atoms with E-state index in [1.807, 2.05) is 0 Å². The highest BCUT2D eigenvalue weighted by Crippen LogP contribution is 2.30. The molecule has 1 N–H and O–H groups in total. The van der Waals surface area contributed by atoms with Crippen molar-refractivity contribution in [3.05, 3.63) is 22.7 Å². The highest BCUT2D eigenvalue weighted by molar-refractivity contribution is 9.10. The molecule has 0 aliphatic rings. The maximum absolute atomic E-state index is 11.9. The van der Waals surface area contributed by atoms with E-state index in [9.17, 15) is 18.0 Å². The summed E-state index contributed by atoms with van der Waals surface area (Å²) in [4.78, 5) is 10.7. The molecule has 1 amide bonds. The van der Waals surface area contributed by atoms with Gasteiger partial charge in [-0.05, 0) is 34.1 Å². The largest absolute Gasteiger partial charge is 0.573 e. The molecule has 0 saturated carbocycles. The molecule has 0 spiro atoms. The fraction of sp³-hybridized carbons (Fsp3) is 0.222. The second kappa shape index (κ2) is 4.73. The van der Waals surface area contributed by atoms with Crippen LogP contribution in [-0.2, 0) is 4.79 Å². The fourth-order valence-electron chi connectivity index (χ4n) is 0.984. The van der Waals surface area contributed by atoms with Crippen molar-refractivity contribution in [2.45, 2.75) is 13.3 Å². The highest BCUT2D eigenvalue weighted by atomic mass is 79.9. The molecule has 7 heteroatoms. The molecule has 0 atom stereocenters. The van der Waals surface area contributed by atoms with Crippen LogP contribution < -0.4 is 10.1 Å². The van der Waals surface area contributed by atoms with E-state index >= 15 is 0 Å². The Morgan fingerprint density at radius 3 is 2.50 bits per heavy atom. The summed E-state index contributed by atoms with van der Waals surface area (Å²) in [6.07, 6.45) is -4.73. The van der Waals surface area contributed by atoms with Crippen molar-refractivity contribution in [1.82, 2.24) is 0 Å². The molecule has 16 heavy (non-hydrogen) atoms. The van der Waals surface area contributed by atoms with E-state index in [-0.39, 0.29) is 11.7 Å². The van der Waals surface area contributed by atoms with Crippen LogP contribution in [0.1, 0.15) is 6.92 Å². The van der Waals surface area contributed by atoms with E-state index < -0.39 is 6.36 Å². The maximum atomic E-state index is 11.9. The summed E-state index contributed by atoms with van der Waals surface area (Å²) in [7, 11) is 0. The second-order valence-electron chi connectivity index (χ2n) is 2.87. The fourth-order valence-corrected chi connectivity index (χ4v) is 1.44. The SMILES string of the molecule is CC(=O)Nc1ccc(OC(F)(F)F)cc1Br. The number of hydrogen-bond acceptors (Lipinski definition) is 2. The molecule has 3 nitrogen and oxygen atoms in total. The first-order valence-corrected chi connectivity index (χ1v) is 4.90. The Kier molecular flexibility index (Phi) is 3.79. The van der Waals surface area contributed by atoms with E-state index in [1.54, 1.807) is 0 Å². The summed E-state index contributed by atoms with van der Waals surface area (Å²) in [6.45, 7) is 1.30. The molecule has 1 aromatic rings. The first-order chi connectivity index (χ1) is 7.28. The Balaban J connectivity index is 2.87. The molecule has 0 bridgehead atoms. The number of nitrogens with one attached hydrogen (secondary N) is 1. The monoisotopic (exact) mass is 297 g/mol. The number of hydrogen-bond donors (Lipinski definition) is 1.